The second kappa shape index (κ2) is 4.62. The minimum atomic E-state index is -0.0661. The molecule has 0 atom stereocenters. The number of nitrogens with one attached hydrogen (secondary N) is 2. The third-order valence-electron chi connectivity index (χ3n) is 1.73. The zero-order valence-electron chi connectivity index (χ0n) is 8.37. The molecule has 0 aliphatic carbocycles. The van der Waals surface area contributed by atoms with E-state index in [1.54, 1.807) is 24.3 Å². The molecule has 0 radical (unpaired) electrons. The van der Waals surface area contributed by atoms with Gasteiger partial charge in [0.1, 0.15) is 0 Å². The highest BCUT2D eigenvalue weighted by Crippen LogP contribution is 2.07. The van der Waals surface area contributed by atoms with Gasteiger partial charge in [-0.3, -0.25) is 10.6 Å². The van der Waals surface area contributed by atoms with Gasteiger partial charge in [-0.25, -0.2) is 0 Å². The maximum atomic E-state index is 11.5. The Morgan fingerprint density at radius 3 is 2.29 bits per heavy atom. The van der Waals surface area contributed by atoms with Crippen molar-refractivity contribution >= 4 is 11.6 Å². The zero-order chi connectivity index (χ0) is 10.6. The molecule has 1 aromatic carbocycles. The smallest absolute Gasteiger partial charge is 0.251 e. The van der Waals surface area contributed by atoms with Crippen molar-refractivity contribution in [2.24, 2.45) is 5.84 Å². The van der Waals surface area contributed by atoms with Crippen molar-refractivity contribution in [3.05, 3.63) is 29.8 Å². The number of rotatable bonds is 3. The van der Waals surface area contributed by atoms with Crippen LogP contribution in [0.5, 0.6) is 0 Å². The molecule has 4 N–H and O–H groups in total. The van der Waals surface area contributed by atoms with Gasteiger partial charge in [0.25, 0.3) is 5.91 Å². The van der Waals surface area contributed by atoms with Crippen molar-refractivity contribution < 1.29 is 4.79 Å². The highest BCUT2D eigenvalue weighted by atomic mass is 16.1. The average molecular weight is 193 g/mol. The van der Waals surface area contributed by atoms with E-state index in [0.29, 0.717) is 5.56 Å². The van der Waals surface area contributed by atoms with Crippen LogP contribution in [0, 0.1) is 0 Å². The van der Waals surface area contributed by atoms with Gasteiger partial charge >= 0.3 is 0 Å². The van der Waals surface area contributed by atoms with Crippen LogP contribution in [-0.2, 0) is 0 Å². The Hall–Kier alpha value is -1.55. The standard InChI is InChI=1S/C10H15N3O/c1-7(2)12-10(14)8-3-5-9(13-11)6-4-8/h3-7,13H,11H2,1-2H3,(H,12,14). The number of hydrazine groups is 1. The van der Waals surface area contributed by atoms with Crippen LogP contribution in [0.3, 0.4) is 0 Å². The first-order chi connectivity index (χ1) is 6.63. The molecule has 76 valence electrons. The van der Waals surface area contributed by atoms with E-state index in [1.165, 1.54) is 0 Å². The minimum absolute atomic E-state index is 0.0661. The fourth-order valence-corrected chi connectivity index (χ4v) is 1.06. The fraction of sp³-hybridized carbons (Fsp3) is 0.300. The van der Waals surface area contributed by atoms with Crippen LogP contribution in [0.25, 0.3) is 0 Å². The first-order valence-corrected chi connectivity index (χ1v) is 4.51. The predicted octanol–water partition coefficient (Wildman–Crippen LogP) is 1.11. The van der Waals surface area contributed by atoms with Crippen LogP contribution < -0.4 is 16.6 Å². The third kappa shape index (κ3) is 2.74. The Kier molecular flexibility index (Phi) is 3.48. The summed E-state index contributed by atoms with van der Waals surface area (Å²) in [6, 6.07) is 7.12. The van der Waals surface area contributed by atoms with Crippen LogP contribution in [0.2, 0.25) is 0 Å². The Balaban J connectivity index is 2.71. The number of carbonyl (C=O) groups is 1. The first kappa shape index (κ1) is 10.5. The molecule has 0 unspecified atom stereocenters. The second-order valence-electron chi connectivity index (χ2n) is 3.35. The van der Waals surface area contributed by atoms with Crippen molar-refractivity contribution in [2.75, 3.05) is 5.43 Å². The number of hydrogen-bond donors (Lipinski definition) is 3. The number of hydrogen-bond acceptors (Lipinski definition) is 3. The highest BCUT2D eigenvalue weighted by Gasteiger charge is 2.05. The number of amides is 1. The Bertz CT molecular complexity index is 306. The van der Waals surface area contributed by atoms with Gasteiger partial charge in [0, 0.05) is 17.3 Å². The molecule has 0 saturated heterocycles. The molecular weight excluding hydrogens is 178 g/mol. The Labute approximate surface area is 83.5 Å². The van der Waals surface area contributed by atoms with Crippen molar-refractivity contribution in [2.45, 2.75) is 19.9 Å². The fourth-order valence-electron chi connectivity index (χ4n) is 1.06. The monoisotopic (exact) mass is 193 g/mol. The lowest BCUT2D eigenvalue weighted by molar-refractivity contribution is 0.0943. The molecule has 0 aliphatic rings. The SMILES string of the molecule is CC(C)NC(=O)c1ccc(NN)cc1. The number of benzene rings is 1. The lowest BCUT2D eigenvalue weighted by atomic mass is 10.2. The first-order valence-electron chi connectivity index (χ1n) is 4.51. The van der Waals surface area contributed by atoms with Crippen LogP contribution >= 0.6 is 0 Å². The molecule has 14 heavy (non-hydrogen) atoms. The number of anilines is 1. The molecule has 4 heteroatoms. The maximum absolute atomic E-state index is 11.5. The summed E-state index contributed by atoms with van der Waals surface area (Å²) in [5.74, 6) is 5.14. The molecule has 1 aromatic rings. The minimum Gasteiger partial charge on any atom is -0.350 e. The summed E-state index contributed by atoms with van der Waals surface area (Å²) < 4.78 is 0. The summed E-state index contributed by atoms with van der Waals surface area (Å²) in [6.07, 6.45) is 0. The summed E-state index contributed by atoms with van der Waals surface area (Å²) in [5.41, 5.74) is 3.92. The second-order valence-corrected chi connectivity index (χ2v) is 3.35. The molecule has 1 amide bonds. The Morgan fingerprint density at radius 1 is 1.29 bits per heavy atom. The Morgan fingerprint density at radius 2 is 1.86 bits per heavy atom. The van der Waals surface area contributed by atoms with Gasteiger partial charge in [-0.1, -0.05) is 0 Å². The molecule has 0 aromatic heterocycles. The van der Waals surface area contributed by atoms with Gasteiger partial charge in [0.15, 0.2) is 0 Å². The topological polar surface area (TPSA) is 67.2 Å². The third-order valence-corrected chi connectivity index (χ3v) is 1.73. The van der Waals surface area contributed by atoms with Crippen molar-refractivity contribution in [1.82, 2.24) is 5.32 Å². The highest BCUT2D eigenvalue weighted by molar-refractivity contribution is 5.94. The summed E-state index contributed by atoms with van der Waals surface area (Å²) in [5, 5.41) is 2.81. The molecule has 0 fully saturated rings. The average Bonchev–Trinajstić information content (AvgIpc) is 2.17. The van der Waals surface area contributed by atoms with Crippen LogP contribution in [0.15, 0.2) is 24.3 Å². The maximum Gasteiger partial charge on any atom is 0.251 e. The van der Waals surface area contributed by atoms with E-state index < -0.39 is 0 Å². The largest absolute Gasteiger partial charge is 0.350 e. The molecule has 1 rings (SSSR count). The summed E-state index contributed by atoms with van der Waals surface area (Å²) in [4.78, 5) is 11.5. The van der Waals surface area contributed by atoms with Crippen LogP contribution in [0.1, 0.15) is 24.2 Å². The molecule has 0 spiro atoms. The molecule has 0 saturated carbocycles. The van der Waals surface area contributed by atoms with E-state index in [0.717, 1.165) is 5.69 Å². The summed E-state index contributed by atoms with van der Waals surface area (Å²) in [7, 11) is 0. The molecule has 0 bridgehead atoms. The number of carbonyl (C=O) groups excluding carboxylic acids is 1. The number of nitrogen functional groups attached to an aromatic ring is 1. The van der Waals surface area contributed by atoms with Gasteiger partial charge in [0.2, 0.25) is 0 Å². The normalized spacial score (nSPS) is 10.0. The summed E-state index contributed by atoms with van der Waals surface area (Å²) >= 11 is 0. The van der Waals surface area contributed by atoms with Crippen molar-refractivity contribution in [1.29, 1.82) is 0 Å². The lowest BCUT2D eigenvalue weighted by Crippen LogP contribution is -2.29. The van der Waals surface area contributed by atoms with Gasteiger partial charge < -0.3 is 10.7 Å². The lowest BCUT2D eigenvalue weighted by Gasteiger charge is -2.08. The van der Waals surface area contributed by atoms with Crippen molar-refractivity contribution in [3.63, 3.8) is 0 Å². The predicted molar refractivity (Wildman–Crippen MR) is 56.9 cm³/mol. The van der Waals surface area contributed by atoms with Gasteiger partial charge in [-0.15, -0.1) is 0 Å². The van der Waals surface area contributed by atoms with Gasteiger partial charge in [-0.2, -0.15) is 0 Å². The molecular formula is C10H15N3O. The molecule has 4 nitrogen and oxygen atoms in total. The molecule has 0 aliphatic heterocycles. The quantitative estimate of drug-likeness (QED) is 0.497. The molecule has 0 heterocycles. The van der Waals surface area contributed by atoms with Gasteiger partial charge in [-0.05, 0) is 38.1 Å². The van der Waals surface area contributed by atoms with Gasteiger partial charge in [0.05, 0.1) is 0 Å². The number of nitrogens with two attached hydrogens (primary N) is 1. The van der Waals surface area contributed by atoms with E-state index >= 15 is 0 Å². The van der Waals surface area contributed by atoms with E-state index in [9.17, 15) is 4.79 Å². The van der Waals surface area contributed by atoms with Crippen LogP contribution in [-0.4, -0.2) is 11.9 Å². The van der Waals surface area contributed by atoms with Crippen LogP contribution in [0.4, 0.5) is 5.69 Å². The summed E-state index contributed by atoms with van der Waals surface area (Å²) in [6.45, 7) is 3.85. The van der Waals surface area contributed by atoms with E-state index in [4.69, 9.17) is 5.84 Å². The van der Waals surface area contributed by atoms with E-state index in [2.05, 4.69) is 10.7 Å². The van der Waals surface area contributed by atoms with Crippen molar-refractivity contribution in [3.8, 4) is 0 Å². The zero-order valence-corrected chi connectivity index (χ0v) is 8.37. The van der Waals surface area contributed by atoms with E-state index in [1.807, 2.05) is 13.8 Å². The van der Waals surface area contributed by atoms with E-state index in [-0.39, 0.29) is 11.9 Å².